The first-order chi connectivity index (χ1) is 10.1. The quantitative estimate of drug-likeness (QED) is 0.850. The summed E-state index contributed by atoms with van der Waals surface area (Å²) in [7, 11) is 0. The zero-order valence-corrected chi connectivity index (χ0v) is 13.1. The van der Waals surface area contributed by atoms with Gasteiger partial charge < -0.3 is 5.11 Å². The van der Waals surface area contributed by atoms with E-state index in [0.717, 1.165) is 31.2 Å². The number of rotatable bonds is 2. The van der Waals surface area contributed by atoms with Crippen LogP contribution in [-0.4, -0.2) is 19.9 Å². The average molecular weight is 326 g/mol. The SMILES string of the molecule is OC1(c2ccc(Cl)c(Cl)c2)CCCCCC1n1cncn1. The van der Waals surface area contributed by atoms with Crippen molar-refractivity contribution in [1.29, 1.82) is 0 Å². The highest BCUT2D eigenvalue weighted by Gasteiger charge is 2.41. The van der Waals surface area contributed by atoms with Gasteiger partial charge in [-0.1, -0.05) is 48.5 Å². The molecule has 1 heterocycles. The molecule has 0 amide bonds. The molecule has 1 aliphatic rings. The highest BCUT2D eigenvalue weighted by atomic mass is 35.5. The predicted octanol–water partition coefficient (Wildman–Crippen LogP) is 3.98. The van der Waals surface area contributed by atoms with E-state index in [9.17, 15) is 5.11 Å². The fourth-order valence-corrected chi connectivity index (χ4v) is 3.44. The molecule has 2 aromatic rings. The molecule has 3 rings (SSSR count). The first-order valence-corrected chi connectivity index (χ1v) is 7.89. The molecule has 1 aromatic heterocycles. The van der Waals surface area contributed by atoms with Gasteiger partial charge >= 0.3 is 0 Å². The second-order valence-electron chi connectivity index (χ2n) is 5.54. The molecule has 21 heavy (non-hydrogen) atoms. The smallest absolute Gasteiger partial charge is 0.137 e. The van der Waals surface area contributed by atoms with Gasteiger partial charge in [-0.2, -0.15) is 5.10 Å². The van der Waals surface area contributed by atoms with Crippen LogP contribution in [0.5, 0.6) is 0 Å². The van der Waals surface area contributed by atoms with E-state index in [1.54, 1.807) is 23.1 Å². The summed E-state index contributed by atoms with van der Waals surface area (Å²) in [5, 5.41) is 16.6. The van der Waals surface area contributed by atoms with Crippen LogP contribution in [0.1, 0.15) is 43.7 Å². The molecular weight excluding hydrogens is 309 g/mol. The Labute approximate surface area is 133 Å². The lowest BCUT2D eigenvalue weighted by molar-refractivity contribution is -0.0286. The topological polar surface area (TPSA) is 50.9 Å². The molecule has 2 unspecified atom stereocenters. The van der Waals surface area contributed by atoms with Crippen molar-refractivity contribution in [1.82, 2.24) is 14.8 Å². The van der Waals surface area contributed by atoms with Gasteiger partial charge in [0.15, 0.2) is 0 Å². The Morgan fingerprint density at radius 1 is 1.19 bits per heavy atom. The summed E-state index contributed by atoms with van der Waals surface area (Å²) in [6.07, 6.45) is 7.85. The summed E-state index contributed by atoms with van der Waals surface area (Å²) < 4.78 is 1.76. The first kappa shape index (κ1) is 14.8. The van der Waals surface area contributed by atoms with Crippen LogP contribution in [-0.2, 0) is 5.60 Å². The Kier molecular flexibility index (Phi) is 4.20. The lowest BCUT2D eigenvalue weighted by Gasteiger charge is -2.35. The third-order valence-corrected chi connectivity index (χ3v) is 5.00. The Hall–Kier alpha value is -1.10. The molecule has 0 radical (unpaired) electrons. The number of hydrogen-bond acceptors (Lipinski definition) is 3. The van der Waals surface area contributed by atoms with Gasteiger partial charge in [-0.05, 0) is 30.5 Å². The number of benzene rings is 1. The molecule has 1 aromatic carbocycles. The molecule has 0 spiro atoms. The van der Waals surface area contributed by atoms with Gasteiger partial charge in [0.1, 0.15) is 18.3 Å². The minimum atomic E-state index is -1.00. The molecule has 1 saturated carbocycles. The number of nitrogens with zero attached hydrogens (tertiary/aromatic N) is 3. The zero-order chi connectivity index (χ0) is 14.9. The molecular formula is C15H17Cl2N3O. The Balaban J connectivity index is 2.06. The van der Waals surface area contributed by atoms with Gasteiger partial charge in [0, 0.05) is 0 Å². The fourth-order valence-electron chi connectivity index (χ4n) is 3.15. The molecule has 6 heteroatoms. The van der Waals surface area contributed by atoms with E-state index in [1.165, 1.54) is 6.33 Å². The zero-order valence-electron chi connectivity index (χ0n) is 11.5. The van der Waals surface area contributed by atoms with Gasteiger partial charge in [0.25, 0.3) is 0 Å². The van der Waals surface area contributed by atoms with Crippen LogP contribution in [0.3, 0.4) is 0 Å². The summed E-state index contributed by atoms with van der Waals surface area (Å²) in [6, 6.07) is 5.21. The first-order valence-electron chi connectivity index (χ1n) is 7.13. The van der Waals surface area contributed by atoms with Crippen molar-refractivity contribution >= 4 is 23.2 Å². The van der Waals surface area contributed by atoms with Crippen LogP contribution >= 0.6 is 23.2 Å². The second kappa shape index (κ2) is 5.95. The highest BCUT2D eigenvalue weighted by Crippen LogP contribution is 2.44. The van der Waals surface area contributed by atoms with Crippen molar-refractivity contribution in [2.24, 2.45) is 0 Å². The third kappa shape index (κ3) is 2.80. The van der Waals surface area contributed by atoms with Gasteiger partial charge in [-0.3, -0.25) is 0 Å². The van der Waals surface area contributed by atoms with Crippen molar-refractivity contribution in [3.8, 4) is 0 Å². The Morgan fingerprint density at radius 2 is 2.05 bits per heavy atom. The number of aliphatic hydroxyl groups is 1. The monoisotopic (exact) mass is 325 g/mol. The van der Waals surface area contributed by atoms with Crippen molar-refractivity contribution in [3.05, 3.63) is 46.5 Å². The fraction of sp³-hybridized carbons (Fsp3) is 0.467. The summed E-state index contributed by atoms with van der Waals surface area (Å²) in [4.78, 5) is 4.01. The molecule has 1 fully saturated rings. The molecule has 1 N–H and O–H groups in total. The molecule has 0 bridgehead atoms. The number of halogens is 2. The molecule has 2 atom stereocenters. The van der Waals surface area contributed by atoms with Crippen LogP contribution in [0.2, 0.25) is 10.0 Å². The molecule has 4 nitrogen and oxygen atoms in total. The van der Waals surface area contributed by atoms with Gasteiger partial charge in [-0.25, -0.2) is 9.67 Å². The maximum atomic E-state index is 11.4. The van der Waals surface area contributed by atoms with E-state index in [-0.39, 0.29) is 6.04 Å². The van der Waals surface area contributed by atoms with Gasteiger partial charge in [0.2, 0.25) is 0 Å². The van der Waals surface area contributed by atoms with Crippen molar-refractivity contribution < 1.29 is 5.11 Å². The molecule has 0 saturated heterocycles. The van der Waals surface area contributed by atoms with Crippen LogP contribution in [0, 0.1) is 0 Å². The van der Waals surface area contributed by atoms with E-state index in [4.69, 9.17) is 23.2 Å². The summed E-state index contributed by atoms with van der Waals surface area (Å²) >= 11 is 12.1. The molecule has 112 valence electrons. The maximum Gasteiger partial charge on any atom is 0.137 e. The predicted molar refractivity (Wildman–Crippen MR) is 82.5 cm³/mol. The largest absolute Gasteiger partial charge is 0.383 e. The van der Waals surface area contributed by atoms with Crippen LogP contribution in [0.25, 0.3) is 0 Å². The van der Waals surface area contributed by atoms with Crippen LogP contribution < -0.4 is 0 Å². The van der Waals surface area contributed by atoms with E-state index in [1.807, 2.05) is 6.07 Å². The van der Waals surface area contributed by atoms with E-state index in [2.05, 4.69) is 10.1 Å². The summed E-state index contributed by atoms with van der Waals surface area (Å²) in [6.45, 7) is 0. The third-order valence-electron chi connectivity index (χ3n) is 4.26. The van der Waals surface area contributed by atoms with Crippen LogP contribution in [0.15, 0.2) is 30.9 Å². The van der Waals surface area contributed by atoms with Gasteiger partial charge in [0.05, 0.1) is 16.1 Å². The van der Waals surface area contributed by atoms with Crippen LogP contribution in [0.4, 0.5) is 0 Å². The standard InChI is InChI=1S/C15H17Cl2N3O/c16-12-6-5-11(8-13(12)17)15(21)7-3-1-2-4-14(15)20-10-18-9-19-20/h5-6,8-10,14,21H,1-4,7H2. The number of aromatic nitrogens is 3. The number of hydrogen-bond donors (Lipinski definition) is 1. The lowest BCUT2D eigenvalue weighted by atomic mass is 9.82. The van der Waals surface area contributed by atoms with Crippen molar-refractivity contribution in [3.63, 3.8) is 0 Å². The Morgan fingerprint density at radius 3 is 2.76 bits per heavy atom. The normalized spacial score (nSPS) is 26.5. The second-order valence-corrected chi connectivity index (χ2v) is 6.36. The Bertz CT molecular complexity index is 617. The molecule has 0 aliphatic heterocycles. The van der Waals surface area contributed by atoms with Gasteiger partial charge in [-0.15, -0.1) is 0 Å². The minimum Gasteiger partial charge on any atom is -0.383 e. The van der Waals surface area contributed by atoms with Crippen molar-refractivity contribution in [2.45, 2.75) is 43.7 Å². The summed E-state index contributed by atoms with van der Waals surface area (Å²) in [5.74, 6) is 0. The van der Waals surface area contributed by atoms with E-state index < -0.39 is 5.60 Å². The maximum absolute atomic E-state index is 11.4. The van der Waals surface area contributed by atoms with Crippen molar-refractivity contribution in [2.75, 3.05) is 0 Å². The average Bonchev–Trinajstić information content (AvgIpc) is 2.92. The molecule has 1 aliphatic carbocycles. The highest BCUT2D eigenvalue weighted by molar-refractivity contribution is 6.42. The lowest BCUT2D eigenvalue weighted by Crippen LogP contribution is -2.36. The van der Waals surface area contributed by atoms with E-state index in [0.29, 0.717) is 16.5 Å². The van der Waals surface area contributed by atoms with E-state index >= 15 is 0 Å². The summed E-state index contributed by atoms with van der Waals surface area (Å²) in [5.41, 5.74) is -0.211. The minimum absolute atomic E-state index is 0.139.